The maximum absolute atomic E-state index is 12.1. The van der Waals surface area contributed by atoms with Gasteiger partial charge >= 0.3 is 11.6 Å². The van der Waals surface area contributed by atoms with Crippen LogP contribution in [-0.2, 0) is 4.79 Å². The molecule has 2 rings (SSSR count). The summed E-state index contributed by atoms with van der Waals surface area (Å²) in [5, 5.41) is 0.805. The normalized spacial score (nSPS) is 12.2. The summed E-state index contributed by atoms with van der Waals surface area (Å²) < 4.78 is 10.6. The van der Waals surface area contributed by atoms with Gasteiger partial charge in [0.05, 0.1) is 0 Å². The first-order valence-electron chi connectivity index (χ1n) is 11.8. The lowest BCUT2D eigenvalue weighted by molar-refractivity contribution is -0.134. The number of carbonyl (C=O) groups is 1. The van der Waals surface area contributed by atoms with E-state index in [1.807, 2.05) is 0 Å². The fourth-order valence-electron chi connectivity index (χ4n) is 3.78. The van der Waals surface area contributed by atoms with E-state index in [0.717, 1.165) is 11.8 Å². The van der Waals surface area contributed by atoms with Crippen LogP contribution in [0.25, 0.3) is 11.0 Å². The highest BCUT2D eigenvalue weighted by Crippen LogP contribution is 2.21. The SMILES string of the molecule is CCCCCCCCCCCCC(C)CCC(=O)Oc1ccc2ccc(=O)oc2c1. The lowest BCUT2D eigenvalue weighted by Gasteiger charge is -2.11. The summed E-state index contributed by atoms with van der Waals surface area (Å²) in [7, 11) is 0. The maximum Gasteiger partial charge on any atom is 0.336 e. The molecule has 1 aromatic heterocycles. The van der Waals surface area contributed by atoms with Crippen LogP contribution in [0.2, 0.25) is 0 Å². The molecular formula is C26H38O4. The Kier molecular flexibility index (Phi) is 11.3. The molecule has 0 aliphatic heterocycles. The van der Waals surface area contributed by atoms with Gasteiger partial charge in [-0.05, 0) is 30.5 Å². The highest BCUT2D eigenvalue weighted by molar-refractivity contribution is 5.79. The Bertz CT molecular complexity index is 808. The maximum atomic E-state index is 12.1. The van der Waals surface area contributed by atoms with Crippen molar-refractivity contribution in [3.63, 3.8) is 0 Å². The second-order valence-corrected chi connectivity index (χ2v) is 8.54. The highest BCUT2D eigenvalue weighted by atomic mass is 16.5. The van der Waals surface area contributed by atoms with E-state index >= 15 is 0 Å². The first-order chi connectivity index (χ1) is 14.6. The number of esters is 1. The summed E-state index contributed by atoms with van der Waals surface area (Å²) in [4.78, 5) is 23.5. The van der Waals surface area contributed by atoms with Gasteiger partial charge in [-0.1, -0.05) is 84.5 Å². The summed E-state index contributed by atoms with van der Waals surface area (Å²) in [6.07, 6.45) is 15.9. The van der Waals surface area contributed by atoms with E-state index in [0.29, 0.717) is 23.7 Å². The molecule has 0 N–H and O–H groups in total. The average molecular weight is 415 g/mol. The molecule has 0 aliphatic rings. The molecule has 2 aromatic rings. The minimum atomic E-state index is -0.410. The predicted octanol–water partition coefficient (Wildman–Crippen LogP) is 7.43. The molecule has 0 saturated heterocycles. The van der Waals surface area contributed by atoms with Gasteiger partial charge < -0.3 is 9.15 Å². The van der Waals surface area contributed by atoms with Crippen LogP contribution in [0.3, 0.4) is 0 Å². The van der Waals surface area contributed by atoms with Crippen molar-refractivity contribution in [2.24, 2.45) is 5.92 Å². The van der Waals surface area contributed by atoms with Crippen LogP contribution in [0.15, 0.2) is 39.5 Å². The first-order valence-corrected chi connectivity index (χ1v) is 11.8. The Morgan fingerprint density at radius 3 is 2.23 bits per heavy atom. The number of ether oxygens (including phenoxy) is 1. The van der Waals surface area contributed by atoms with Gasteiger partial charge in [0, 0.05) is 23.9 Å². The first kappa shape index (κ1) is 24.2. The number of hydrogen-bond donors (Lipinski definition) is 0. The lowest BCUT2D eigenvalue weighted by atomic mass is 9.97. The summed E-state index contributed by atoms with van der Waals surface area (Å²) in [6.45, 7) is 4.47. The number of benzene rings is 1. The van der Waals surface area contributed by atoms with Crippen molar-refractivity contribution in [3.05, 3.63) is 40.8 Å². The molecule has 4 heteroatoms. The van der Waals surface area contributed by atoms with Gasteiger partial charge in [-0.15, -0.1) is 0 Å². The molecule has 4 nitrogen and oxygen atoms in total. The monoisotopic (exact) mass is 414 g/mol. The van der Waals surface area contributed by atoms with E-state index in [9.17, 15) is 9.59 Å². The zero-order valence-electron chi connectivity index (χ0n) is 18.8. The fraction of sp³-hybridized carbons (Fsp3) is 0.615. The van der Waals surface area contributed by atoms with E-state index in [1.54, 1.807) is 24.3 Å². The molecule has 0 bridgehead atoms. The van der Waals surface area contributed by atoms with Crippen LogP contribution in [0, 0.1) is 5.92 Å². The van der Waals surface area contributed by atoms with Crippen molar-refractivity contribution in [1.82, 2.24) is 0 Å². The summed E-state index contributed by atoms with van der Waals surface area (Å²) >= 11 is 0. The molecule has 1 heterocycles. The molecule has 30 heavy (non-hydrogen) atoms. The third-order valence-electron chi connectivity index (χ3n) is 5.72. The number of unbranched alkanes of at least 4 members (excludes halogenated alkanes) is 9. The number of rotatable bonds is 15. The molecular weight excluding hydrogens is 376 g/mol. The van der Waals surface area contributed by atoms with Crippen molar-refractivity contribution in [2.75, 3.05) is 0 Å². The Morgan fingerprint density at radius 1 is 0.900 bits per heavy atom. The Labute approximate surface area is 181 Å². The molecule has 0 amide bonds. The van der Waals surface area contributed by atoms with Gasteiger partial charge in [-0.2, -0.15) is 0 Å². The molecule has 166 valence electrons. The van der Waals surface area contributed by atoms with Crippen molar-refractivity contribution in [2.45, 2.75) is 97.3 Å². The predicted molar refractivity (Wildman–Crippen MR) is 123 cm³/mol. The zero-order chi connectivity index (χ0) is 21.6. The molecule has 0 aliphatic carbocycles. The fourth-order valence-corrected chi connectivity index (χ4v) is 3.78. The van der Waals surface area contributed by atoms with E-state index in [-0.39, 0.29) is 5.97 Å². The minimum Gasteiger partial charge on any atom is -0.426 e. The average Bonchev–Trinajstić information content (AvgIpc) is 2.73. The Morgan fingerprint density at radius 2 is 1.53 bits per heavy atom. The quantitative estimate of drug-likeness (QED) is 0.132. The molecule has 0 fully saturated rings. The van der Waals surface area contributed by atoms with Crippen LogP contribution in [0.5, 0.6) is 5.75 Å². The molecule has 1 unspecified atom stereocenters. The van der Waals surface area contributed by atoms with E-state index < -0.39 is 5.63 Å². The largest absolute Gasteiger partial charge is 0.426 e. The third kappa shape index (κ3) is 9.60. The van der Waals surface area contributed by atoms with E-state index in [1.165, 1.54) is 76.7 Å². The van der Waals surface area contributed by atoms with E-state index in [2.05, 4.69) is 13.8 Å². The van der Waals surface area contributed by atoms with Gasteiger partial charge in [0.25, 0.3) is 0 Å². The summed E-state index contributed by atoms with van der Waals surface area (Å²) in [5.74, 6) is 0.716. The van der Waals surface area contributed by atoms with Crippen molar-refractivity contribution in [1.29, 1.82) is 0 Å². The Balaban J connectivity index is 1.55. The van der Waals surface area contributed by atoms with Crippen LogP contribution in [0.1, 0.15) is 97.3 Å². The zero-order valence-corrected chi connectivity index (χ0v) is 18.8. The summed E-state index contributed by atoms with van der Waals surface area (Å²) in [5.41, 5.74) is 0.0221. The van der Waals surface area contributed by atoms with Crippen LogP contribution in [0.4, 0.5) is 0 Å². The summed E-state index contributed by atoms with van der Waals surface area (Å²) in [6, 6.07) is 8.19. The van der Waals surface area contributed by atoms with Crippen molar-refractivity contribution < 1.29 is 13.9 Å². The van der Waals surface area contributed by atoms with Gasteiger partial charge in [0.15, 0.2) is 0 Å². The molecule has 0 radical (unpaired) electrons. The van der Waals surface area contributed by atoms with Crippen LogP contribution in [-0.4, -0.2) is 5.97 Å². The third-order valence-corrected chi connectivity index (χ3v) is 5.72. The number of fused-ring (bicyclic) bond motifs is 1. The van der Waals surface area contributed by atoms with Gasteiger partial charge in [-0.3, -0.25) is 4.79 Å². The van der Waals surface area contributed by atoms with Gasteiger partial charge in [0.1, 0.15) is 11.3 Å². The lowest BCUT2D eigenvalue weighted by Crippen LogP contribution is -2.10. The van der Waals surface area contributed by atoms with Gasteiger partial charge in [0.2, 0.25) is 0 Å². The topological polar surface area (TPSA) is 56.5 Å². The second kappa shape index (κ2) is 14.0. The Hall–Kier alpha value is -2.10. The molecule has 0 saturated carbocycles. The molecule has 1 aromatic carbocycles. The highest BCUT2D eigenvalue weighted by Gasteiger charge is 2.10. The van der Waals surface area contributed by atoms with Gasteiger partial charge in [-0.25, -0.2) is 4.79 Å². The number of hydrogen-bond acceptors (Lipinski definition) is 4. The van der Waals surface area contributed by atoms with Crippen molar-refractivity contribution in [3.8, 4) is 5.75 Å². The van der Waals surface area contributed by atoms with Crippen LogP contribution >= 0.6 is 0 Å². The second-order valence-electron chi connectivity index (χ2n) is 8.54. The molecule has 1 atom stereocenters. The van der Waals surface area contributed by atoms with Crippen LogP contribution < -0.4 is 10.4 Å². The molecule has 0 spiro atoms. The smallest absolute Gasteiger partial charge is 0.336 e. The van der Waals surface area contributed by atoms with E-state index in [4.69, 9.17) is 9.15 Å². The standard InChI is InChI=1S/C26H38O4/c1-3-4-5-6-7-8-9-10-11-12-13-21(2)14-18-25(27)29-23-17-15-22-16-19-26(28)30-24(22)20-23/h15-17,19-21H,3-14,18H2,1-2H3. The minimum absolute atomic E-state index is 0.234. The number of carbonyl (C=O) groups excluding carboxylic acids is 1. The van der Waals surface area contributed by atoms with Crippen molar-refractivity contribution >= 4 is 16.9 Å².